The maximum Gasteiger partial charge on any atom is 0.331 e. The fourth-order valence-corrected chi connectivity index (χ4v) is 5.06. The quantitative estimate of drug-likeness (QED) is 0.343. The van der Waals surface area contributed by atoms with Crippen molar-refractivity contribution in [3.05, 3.63) is 70.4 Å². The molecule has 2 N–H and O–H groups in total. The third-order valence-corrected chi connectivity index (χ3v) is 7.03. The summed E-state index contributed by atoms with van der Waals surface area (Å²) < 4.78 is 45.3. The van der Waals surface area contributed by atoms with Crippen LogP contribution in [-0.4, -0.2) is 66.3 Å². The Hall–Kier alpha value is -4.90. The second-order valence-electron chi connectivity index (χ2n) is 9.43. The molecule has 0 radical (unpaired) electrons. The molecule has 0 bridgehead atoms. The Morgan fingerprint density at radius 1 is 0.925 bits per heavy atom. The summed E-state index contributed by atoms with van der Waals surface area (Å²) in [5, 5.41) is 13.8. The zero-order valence-corrected chi connectivity index (χ0v) is 21.1. The van der Waals surface area contributed by atoms with Crippen LogP contribution >= 0.6 is 0 Å². The number of nitriles is 1. The van der Waals surface area contributed by atoms with E-state index in [1.165, 1.54) is 44.0 Å². The normalized spacial score (nSPS) is 14.3. The SMILES string of the molecule is N#CCn1c(=O)n(CCN2CCN(c3ccc(F)cc3F)CC2)c2nc(N)n3nc(-c4cccc(F)c4)nc3c21. The zero-order valence-electron chi connectivity index (χ0n) is 21.1. The highest BCUT2D eigenvalue weighted by Gasteiger charge is 2.24. The van der Waals surface area contributed by atoms with Gasteiger partial charge in [0.15, 0.2) is 17.1 Å². The van der Waals surface area contributed by atoms with Crippen LogP contribution in [0.4, 0.5) is 24.8 Å². The molecule has 5 aromatic rings. The topological polar surface area (TPSA) is 126 Å². The van der Waals surface area contributed by atoms with Gasteiger partial charge in [0.1, 0.15) is 29.5 Å². The number of halogens is 3. The van der Waals surface area contributed by atoms with Crippen LogP contribution in [0.25, 0.3) is 28.2 Å². The van der Waals surface area contributed by atoms with Crippen molar-refractivity contribution in [1.29, 1.82) is 5.26 Å². The van der Waals surface area contributed by atoms with Gasteiger partial charge in [-0.1, -0.05) is 12.1 Å². The fraction of sp³-hybridized carbons (Fsp3) is 0.269. The van der Waals surface area contributed by atoms with Crippen molar-refractivity contribution in [2.75, 3.05) is 43.4 Å². The van der Waals surface area contributed by atoms with Crippen LogP contribution in [-0.2, 0) is 13.1 Å². The summed E-state index contributed by atoms with van der Waals surface area (Å²) in [6, 6.07) is 11.3. The summed E-state index contributed by atoms with van der Waals surface area (Å²) in [7, 11) is 0. The Morgan fingerprint density at radius 2 is 1.70 bits per heavy atom. The maximum atomic E-state index is 14.2. The largest absolute Gasteiger partial charge is 0.368 e. The number of imidazole rings is 1. The number of nitrogen functional groups attached to an aromatic ring is 1. The van der Waals surface area contributed by atoms with Crippen LogP contribution in [0.1, 0.15) is 0 Å². The van der Waals surface area contributed by atoms with E-state index in [1.807, 2.05) is 11.0 Å². The van der Waals surface area contributed by atoms with Gasteiger partial charge in [-0.05, 0) is 24.3 Å². The minimum atomic E-state index is -0.622. The number of hydrogen-bond acceptors (Lipinski definition) is 8. The van der Waals surface area contributed by atoms with Gasteiger partial charge < -0.3 is 10.6 Å². The van der Waals surface area contributed by atoms with E-state index in [-0.39, 0.29) is 36.2 Å². The fourth-order valence-electron chi connectivity index (χ4n) is 5.06. The summed E-state index contributed by atoms with van der Waals surface area (Å²) in [6.07, 6.45) is 0. The van der Waals surface area contributed by atoms with Gasteiger partial charge in [0, 0.05) is 50.9 Å². The number of benzene rings is 2. The van der Waals surface area contributed by atoms with Crippen LogP contribution in [0, 0.1) is 28.8 Å². The van der Waals surface area contributed by atoms with Gasteiger partial charge in [-0.3, -0.25) is 14.0 Å². The van der Waals surface area contributed by atoms with E-state index in [1.54, 1.807) is 6.07 Å². The monoisotopic (exact) mass is 548 g/mol. The highest BCUT2D eigenvalue weighted by molar-refractivity contribution is 5.88. The number of aromatic nitrogens is 6. The number of piperazine rings is 1. The Labute approximate surface area is 225 Å². The summed E-state index contributed by atoms with van der Waals surface area (Å²) in [5.41, 5.74) is 7.30. The van der Waals surface area contributed by atoms with Gasteiger partial charge in [-0.15, -0.1) is 5.10 Å². The molecule has 0 aliphatic carbocycles. The van der Waals surface area contributed by atoms with Crippen molar-refractivity contribution >= 4 is 28.4 Å². The number of anilines is 2. The molecule has 0 spiro atoms. The van der Waals surface area contributed by atoms with Gasteiger partial charge in [-0.25, -0.2) is 22.9 Å². The maximum absolute atomic E-state index is 14.2. The second-order valence-corrected chi connectivity index (χ2v) is 9.43. The number of rotatable bonds is 6. The zero-order chi connectivity index (χ0) is 28.0. The molecule has 1 fully saturated rings. The molecule has 1 aliphatic rings. The first-order valence-corrected chi connectivity index (χ1v) is 12.5. The van der Waals surface area contributed by atoms with Crippen molar-refractivity contribution in [3.8, 4) is 17.5 Å². The van der Waals surface area contributed by atoms with E-state index in [2.05, 4.69) is 20.0 Å². The molecule has 0 atom stereocenters. The first-order chi connectivity index (χ1) is 19.3. The average Bonchev–Trinajstić information content (AvgIpc) is 3.49. The van der Waals surface area contributed by atoms with Crippen molar-refractivity contribution in [1.82, 2.24) is 33.6 Å². The van der Waals surface area contributed by atoms with Crippen LogP contribution in [0.2, 0.25) is 0 Å². The predicted octanol–water partition coefficient (Wildman–Crippen LogP) is 2.25. The van der Waals surface area contributed by atoms with Crippen LogP contribution in [0.15, 0.2) is 47.3 Å². The molecule has 2 aromatic carbocycles. The van der Waals surface area contributed by atoms with Crippen molar-refractivity contribution in [2.45, 2.75) is 13.1 Å². The summed E-state index contributed by atoms with van der Waals surface area (Å²) in [6.45, 7) is 2.76. The van der Waals surface area contributed by atoms with Crippen LogP contribution in [0.3, 0.4) is 0 Å². The lowest BCUT2D eigenvalue weighted by Gasteiger charge is -2.36. The molecule has 0 unspecified atom stereocenters. The highest BCUT2D eigenvalue weighted by atomic mass is 19.1. The molecule has 1 saturated heterocycles. The smallest absolute Gasteiger partial charge is 0.331 e. The minimum absolute atomic E-state index is 0.0181. The molecule has 0 amide bonds. The van der Waals surface area contributed by atoms with Gasteiger partial charge in [0.2, 0.25) is 5.95 Å². The molecule has 1 aliphatic heterocycles. The second kappa shape index (κ2) is 10.0. The lowest BCUT2D eigenvalue weighted by Crippen LogP contribution is -2.47. The Balaban J connectivity index is 1.29. The first kappa shape index (κ1) is 25.4. The molecule has 40 heavy (non-hydrogen) atoms. The molecular formula is C26H23F3N10O. The third kappa shape index (κ3) is 4.39. The first-order valence-electron chi connectivity index (χ1n) is 12.5. The lowest BCUT2D eigenvalue weighted by atomic mass is 10.2. The minimum Gasteiger partial charge on any atom is -0.368 e. The van der Waals surface area contributed by atoms with E-state index in [4.69, 9.17) is 5.73 Å². The molecule has 0 saturated carbocycles. The standard InChI is InChI=1S/C26H23F3N10O/c27-17-3-1-2-16(14-17)22-32-24-21-23(33-25(31)39(24)34-22)38(26(40)37(21)7-6-30)13-10-35-8-11-36(12-9-35)20-5-4-18(28)15-19(20)29/h1-5,14-15H,7-13H2,(H2,31,33). The van der Waals surface area contributed by atoms with Crippen LogP contribution < -0.4 is 16.3 Å². The Morgan fingerprint density at radius 3 is 2.42 bits per heavy atom. The van der Waals surface area contributed by atoms with Gasteiger partial charge >= 0.3 is 5.69 Å². The van der Waals surface area contributed by atoms with Gasteiger partial charge in [-0.2, -0.15) is 14.8 Å². The molecule has 11 nitrogen and oxygen atoms in total. The van der Waals surface area contributed by atoms with E-state index < -0.39 is 23.1 Å². The molecule has 3 aromatic heterocycles. The molecule has 4 heterocycles. The van der Waals surface area contributed by atoms with E-state index in [0.29, 0.717) is 49.5 Å². The molecular weight excluding hydrogens is 525 g/mol. The summed E-state index contributed by atoms with van der Waals surface area (Å²) in [5.74, 6) is -1.50. The molecule has 204 valence electrons. The molecule has 6 rings (SSSR count). The third-order valence-electron chi connectivity index (χ3n) is 7.03. The van der Waals surface area contributed by atoms with E-state index in [0.717, 1.165) is 6.07 Å². The van der Waals surface area contributed by atoms with E-state index in [9.17, 15) is 23.2 Å². The van der Waals surface area contributed by atoms with Crippen LogP contribution in [0.5, 0.6) is 0 Å². The highest BCUT2D eigenvalue weighted by Crippen LogP contribution is 2.24. The number of nitrogens with zero attached hydrogens (tertiary/aromatic N) is 9. The Bertz CT molecular complexity index is 1850. The number of nitrogens with two attached hydrogens (primary N) is 1. The van der Waals surface area contributed by atoms with Gasteiger partial charge in [0.05, 0.1) is 11.8 Å². The summed E-state index contributed by atoms with van der Waals surface area (Å²) >= 11 is 0. The summed E-state index contributed by atoms with van der Waals surface area (Å²) in [4.78, 5) is 26.3. The van der Waals surface area contributed by atoms with Gasteiger partial charge in [0.25, 0.3) is 0 Å². The Kier molecular flexibility index (Phi) is 6.35. The molecule has 14 heteroatoms. The predicted molar refractivity (Wildman–Crippen MR) is 141 cm³/mol. The van der Waals surface area contributed by atoms with Crippen molar-refractivity contribution in [3.63, 3.8) is 0 Å². The lowest BCUT2D eigenvalue weighted by molar-refractivity contribution is 0.247. The number of fused-ring (bicyclic) bond motifs is 3. The average molecular weight is 549 g/mol. The van der Waals surface area contributed by atoms with Crippen molar-refractivity contribution < 1.29 is 13.2 Å². The van der Waals surface area contributed by atoms with Crippen molar-refractivity contribution in [2.24, 2.45) is 0 Å². The van der Waals surface area contributed by atoms with E-state index >= 15 is 0 Å². The number of hydrogen-bond donors (Lipinski definition) is 1.